The first kappa shape index (κ1) is 24.2. The molecule has 14 heteroatoms. The van der Waals surface area contributed by atoms with E-state index in [0.717, 1.165) is 6.07 Å². The molecule has 6 rings (SSSR count). The molecule has 194 valence electrons. The summed E-state index contributed by atoms with van der Waals surface area (Å²) >= 11 is 0. The van der Waals surface area contributed by atoms with Crippen molar-refractivity contribution in [1.29, 1.82) is 0 Å². The second kappa shape index (κ2) is 8.54. The number of hydrogen-bond acceptors (Lipinski definition) is 8. The highest BCUT2D eigenvalue weighted by Crippen LogP contribution is 2.47. The quantitative estimate of drug-likeness (QED) is 0.480. The number of aliphatic hydroxyl groups is 1. The van der Waals surface area contributed by atoms with E-state index in [4.69, 9.17) is 9.26 Å². The Hall–Kier alpha value is -3.55. The fourth-order valence-corrected chi connectivity index (χ4v) is 4.94. The molecule has 3 aliphatic carbocycles. The summed E-state index contributed by atoms with van der Waals surface area (Å²) in [6.45, 7) is -0.440. The van der Waals surface area contributed by atoms with Gasteiger partial charge in [-0.05, 0) is 44.2 Å². The number of carbonyl (C=O) groups is 2. The Balaban J connectivity index is 1.16. The van der Waals surface area contributed by atoms with Gasteiger partial charge in [-0.15, -0.1) is 8.78 Å². The van der Waals surface area contributed by atoms with Crippen molar-refractivity contribution in [2.45, 2.75) is 62.0 Å². The van der Waals surface area contributed by atoms with Gasteiger partial charge >= 0.3 is 6.29 Å². The largest absolute Gasteiger partial charge is 0.586 e. The molecule has 36 heavy (non-hydrogen) atoms. The van der Waals surface area contributed by atoms with Crippen LogP contribution in [0.25, 0.3) is 0 Å². The third kappa shape index (κ3) is 4.52. The third-order valence-corrected chi connectivity index (χ3v) is 6.81. The van der Waals surface area contributed by atoms with Gasteiger partial charge in [-0.3, -0.25) is 9.59 Å². The molecule has 3 N–H and O–H groups in total. The van der Waals surface area contributed by atoms with Crippen LogP contribution in [0, 0.1) is 0 Å². The summed E-state index contributed by atoms with van der Waals surface area (Å²) in [4.78, 5) is 25.1. The number of aromatic nitrogens is 1. The number of nitrogens with zero attached hydrogens (tertiary/aromatic N) is 1. The Bertz CT molecular complexity index is 1180. The molecule has 0 saturated heterocycles. The zero-order valence-corrected chi connectivity index (χ0v) is 18.6. The lowest BCUT2D eigenvalue weighted by Gasteiger charge is -2.56. The summed E-state index contributed by atoms with van der Waals surface area (Å²) in [6.07, 6.45) is -5.98. The number of rotatable bonds is 7. The molecule has 3 fully saturated rings. The number of hydrogen-bond donors (Lipinski definition) is 3. The van der Waals surface area contributed by atoms with Crippen molar-refractivity contribution in [2.75, 3.05) is 6.61 Å². The summed E-state index contributed by atoms with van der Waals surface area (Å²) in [5.41, 5.74) is -2.36. The van der Waals surface area contributed by atoms with Gasteiger partial charge in [0, 0.05) is 17.7 Å². The maximum absolute atomic E-state index is 13.1. The molecule has 1 aromatic carbocycles. The van der Waals surface area contributed by atoms with Gasteiger partial charge in [-0.25, -0.2) is 8.78 Å². The van der Waals surface area contributed by atoms with Crippen LogP contribution in [0.5, 0.6) is 17.2 Å². The van der Waals surface area contributed by atoms with Gasteiger partial charge in [0.05, 0.1) is 11.6 Å². The maximum atomic E-state index is 13.1. The Morgan fingerprint density at radius 1 is 1.11 bits per heavy atom. The van der Waals surface area contributed by atoms with Crippen molar-refractivity contribution in [3.63, 3.8) is 0 Å². The van der Waals surface area contributed by atoms with Gasteiger partial charge in [-0.2, -0.15) is 0 Å². The standard InChI is InChI=1S/C22H21F4N3O7/c23-18(24)12-8-15(36-29-12)19(32)28-20-3-5-21(6-4-20,16(30)9-20)27-17(31)10-33-11-1-2-13-14(7-11)35-22(25,26)34-13/h1-2,7-8,16,18,30H,3-6,9-10H2,(H,27,31)(H,28,32)/t16-,20?,21?/m0/s1. The summed E-state index contributed by atoms with van der Waals surface area (Å²) in [5.74, 6) is -1.86. The van der Waals surface area contributed by atoms with Gasteiger partial charge in [-0.1, -0.05) is 5.16 Å². The first-order valence-corrected chi connectivity index (χ1v) is 11.1. The number of fused-ring (bicyclic) bond motifs is 4. The predicted molar refractivity (Wildman–Crippen MR) is 110 cm³/mol. The molecule has 2 aromatic rings. The van der Waals surface area contributed by atoms with Crippen molar-refractivity contribution >= 4 is 11.8 Å². The fraction of sp³-hybridized carbons (Fsp3) is 0.500. The van der Waals surface area contributed by atoms with E-state index in [9.17, 15) is 32.3 Å². The molecule has 0 unspecified atom stereocenters. The normalized spacial score (nSPS) is 27.7. The average molecular weight is 515 g/mol. The Kier molecular flexibility index (Phi) is 5.73. The number of nitrogens with one attached hydrogen (secondary N) is 2. The van der Waals surface area contributed by atoms with Gasteiger partial charge in [0.25, 0.3) is 18.2 Å². The van der Waals surface area contributed by atoms with Crippen LogP contribution in [-0.4, -0.2) is 52.2 Å². The lowest BCUT2D eigenvalue weighted by molar-refractivity contribution is -0.286. The lowest BCUT2D eigenvalue weighted by atomic mass is 9.60. The molecule has 2 heterocycles. The molecule has 3 saturated carbocycles. The van der Waals surface area contributed by atoms with Gasteiger partial charge < -0.3 is 34.5 Å². The van der Waals surface area contributed by atoms with E-state index >= 15 is 0 Å². The summed E-state index contributed by atoms with van der Waals surface area (Å²) in [6, 6.07) is 4.62. The number of benzene rings is 1. The molecule has 4 aliphatic rings. The minimum Gasteiger partial charge on any atom is -0.484 e. The van der Waals surface area contributed by atoms with Crippen LogP contribution in [0.3, 0.4) is 0 Å². The first-order valence-electron chi connectivity index (χ1n) is 11.1. The number of carbonyl (C=O) groups excluding carboxylic acids is 2. The fourth-order valence-electron chi connectivity index (χ4n) is 4.94. The van der Waals surface area contributed by atoms with E-state index in [1.54, 1.807) is 0 Å². The van der Waals surface area contributed by atoms with Crippen LogP contribution >= 0.6 is 0 Å². The lowest BCUT2D eigenvalue weighted by Crippen LogP contribution is -2.70. The topological polar surface area (TPSA) is 132 Å². The molecule has 2 bridgehead atoms. The highest BCUT2D eigenvalue weighted by atomic mass is 19.3. The highest BCUT2D eigenvalue weighted by Gasteiger charge is 2.55. The Morgan fingerprint density at radius 2 is 1.83 bits per heavy atom. The molecule has 10 nitrogen and oxygen atoms in total. The molecule has 0 radical (unpaired) electrons. The zero-order chi connectivity index (χ0) is 25.7. The van der Waals surface area contributed by atoms with Crippen molar-refractivity contribution in [3.05, 3.63) is 35.7 Å². The summed E-state index contributed by atoms with van der Waals surface area (Å²) in [7, 11) is 0. The van der Waals surface area contributed by atoms with Crippen molar-refractivity contribution < 1.29 is 51.0 Å². The Morgan fingerprint density at radius 3 is 2.50 bits per heavy atom. The number of ether oxygens (including phenoxy) is 3. The molecule has 1 aromatic heterocycles. The summed E-state index contributed by atoms with van der Waals surface area (Å²) in [5, 5.41) is 19.6. The summed E-state index contributed by atoms with van der Waals surface area (Å²) < 4.78 is 70.5. The molecule has 0 spiro atoms. The first-order chi connectivity index (χ1) is 17.0. The molecule has 2 amide bonds. The van der Waals surface area contributed by atoms with E-state index in [1.807, 2.05) is 0 Å². The highest BCUT2D eigenvalue weighted by molar-refractivity contribution is 5.92. The van der Waals surface area contributed by atoms with E-state index in [1.165, 1.54) is 18.2 Å². The SMILES string of the molecule is O=C(COc1ccc2c(c1)OC(F)(F)O2)NC12CCC(NC(=O)c3cc(C(F)F)no3)(CC1)C[C@@H]2O. The number of aliphatic hydroxyl groups excluding tert-OH is 1. The second-order valence-corrected chi connectivity index (χ2v) is 9.14. The van der Waals surface area contributed by atoms with Gasteiger partial charge in [0.15, 0.2) is 23.8 Å². The van der Waals surface area contributed by atoms with Crippen molar-refractivity contribution in [1.82, 2.24) is 15.8 Å². The molecular weight excluding hydrogens is 494 g/mol. The van der Waals surface area contributed by atoms with E-state index < -0.39 is 54.0 Å². The number of halogens is 4. The van der Waals surface area contributed by atoms with Crippen molar-refractivity contribution in [2.24, 2.45) is 0 Å². The number of alkyl halides is 4. The minimum absolute atomic E-state index is 0.111. The minimum atomic E-state index is -3.77. The van der Waals surface area contributed by atoms with E-state index in [2.05, 4.69) is 25.3 Å². The predicted octanol–water partition coefficient (Wildman–Crippen LogP) is 2.67. The maximum Gasteiger partial charge on any atom is 0.586 e. The van der Waals surface area contributed by atoms with Crippen LogP contribution in [0.4, 0.5) is 17.6 Å². The van der Waals surface area contributed by atoms with Crippen LogP contribution in [-0.2, 0) is 4.79 Å². The molecule has 1 aliphatic heterocycles. The smallest absolute Gasteiger partial charge is 0.484 e. The molecular formula is C22H21F4N3O7. The monoisotopic (exact) mass is 515 g/mol. The van der Waals surface area contributed by atoms with E-state index in [-0.39, 0.29) is 29.4 Å². The second-order valence-electron chi connectivity index (χ2n) is 9.14. The van der Waals surface area contributed by atoms with Crippen LogP contribution in [0.1, 0.15) is 54.8 Å². The van der Waals surface area contributed by atoms with E-state index in [0.29, 0.717) is 25.7 Å². The van der Waals surface area contributed by atoms with Crippen LogP contribution in [0.15, 0.2) is 28.8 Å². The van der Waals surface area contributed by atoms with Crippen molar-refractivity contribution in [3.8, 4) is 17.2 Å². The van der Waals surface area contributed by atoms with Gasteiger partial charge in [0.1, 0.15) is 5.75 Å². The van der Waals surface area contributed by atoms with Crippen LogP contribution < -0.4 is 24.8 Å². The van der Waals surface area contributed by atoms with Gasteiger partial charge in [0.2, 0.25) is 5.76 Å². The van der Waals surface area contributed by atoms with Crippen LogP contribution in [0.2, 0.25) is 0 Å². The third-order valence-electron chi connectivity index (χ3n) is 6.81. The Labute approximate surface area is 200 Å². The number of amides is 2. The molecule has 1 atom stereocenters. The average Bonchev–Trinajstić information content (AvgIpc) is 3.42. The zero-order valence-electron chi connectivity index (χ0n) is 18.6.